The number of nitrogens with zero attached hydrogens (tertiary/aromatic N) is 4. The van der Waals surface area contributed by atoms with Crippen LogP contribution in [-0.4, -0.2) is 34.3 Å². The minimum atomic E-state index is 0.102. The van der Waals surface area contributed by atoms with E-state index in [4.69, 9.17) is 9.47 Å². The van der Waals surface area contributed by atoms with E-state index in [1.54, 1.807) is 13.3 Å². The number of hydrogen-bond acceptors (Lipinski definition) is 5. The fraction of sp³-hybridized carbons (Fsp3) is 0.308. The first-order valence-corrected chi connectivity index (χ1v) is 5.92. The average molecular weight is 260 g/mol. The van der Waals surface area contributed by atoms with Crippen LogP contribution in [-0.2, 0) is 0 Å². The largest absolute Gasteiger partial charge is 0.493 e. The molecular weight excluding hydrogens is 244 g/mol. The fourth-order valence-corrected chi connectivity index (χ4v) is 1.50. The Morgan fingerprint density at radius 2 is 1.95 bits per heavy atom. The Morgan fingerprint density at radius 1 is 1.21 bits per heavy atom. The SMILES string of the molecule is COc1cc(/C=N\n2cnnc2)ccc1OC(C)C. The van der Waals surface area contributed by atoms with Crippen LogP contribution < -0.4 is 9.47 Å². The van der Waals surface area contributed by atoms with Gasteiger partial charge in [0, 0.05) is 0 Å². The normalized spacial score (nSPS) is 11.2. The zero-order valence-corrected chi connectivity index (χ0v) is 11.1. The number of benzene rings is 1. The van der Waals surface area contributed by atoms with Crippen molar-refractivity contribution < 1.29 is 9.47 Å². The first-order valence-electron chi connectivity index (χ1n) is 5.92. The van der Waals surface area contributed by atoms with Gasteiger partial charge in [0.15, 0.2) is 11.5 Å². The third-order valence-electron chi connectivity index (χ3n) is 2.30. The maximum atomic E-state index is 5.65. The molecule has 6 nitrogen and oxygen atoms in total. The smallest absolute Gasteiger partial charge is 0.161 e. The molecule has 0 amide bonds. The third kappa shape index (κ3) is 3.54. The average Bonchev–Trinajstić information content (AvgIpc) is 2.90. The summed E-state index contributed by atoms with van der Waals surface area (Å²) in [5.74, 6) is 1.40. The fourth-order valence-electron chi connectivity index (χ4n) is 1.50. The van der Waals surface area contributed by atoms with Crippen LogP contribution in [0.3, 0.4) is 0 Å². The summed E-state index contributed by atoms with van der Waals surface area (Å²) in [4.78, 5) is 0. The molecule has 6 heteroatoms. The maximum absolute atomic E-state index is 5.65. The van der Waals surface area contributed by atoms with Crippen molar-refractivity contribution in [3.63, 3.8) is 0 Å². The summed E-state index contributed by atoms with van der Waals surface area (Å²) < 4.78 is 12.5. The lowest BCUT2D eigenvalue weighted by Gasteiger charge is -2.13. The van der Waals surface area contributed by atoms with E-state index in [9.17, 15) is 0 Å². The van der Waals surface area contributed by atoms with Gasteiger partial charge in [0.2, 0.25) is 0 Å². The molecule has 2 rings (SSSR count). The van der Waals surface area contributed by atoms with Gasteiger partial charge >= 0.3 is 0 Å². The van der Waals surface area contributed by atoms with Gasteiger partial charge in [-0.15, -0.1) is 10.2 Å². The topological polar surface area (TPSA) is 61.5 Å². The van der Waals surface area contributed by atoms with Crippen molar-refractivity contribution in [3.8, 4) is 11.5 Å². The van der Waals surface area contributed by atoms with E-state index < -0.39 is 0 Å². The van der Waals surface area contributed by atoms with Gasteiger partial charge < -0.3 is 9.47 Å². The minimum absolute atomic E-state index is 0.102. The molecular formula is C13H16N4O2. The van der Waals surface area contributed by atoms with Crippen LogP contribution in [0.15, 0.2) is 36.0 Å². The Kier molecular flexibility index (Phi) is 4.12. The molecule has 0 aliphatic heterocycles. The lowest BCUT2D eigenvalue weighted by molar-refractivity contribution is 0.230. The number of ether oxygens (including phenoxy) is 2. The van der Waals surface area contributed by atoms with Crippen molar-refractivity contribution in [3.05, 3.63) is 36.4 Å². The second-order valence-corrected chi connectivity index (χ2v) is 4.16. The molecule has 19 heavy (non-hydrogen) atoms. The van der Waals surface area contributed by atoms with E-state index in [0.29, 0.717) is 5.75 Å². The number of hydrogen-bond donors (Lipinski definition) is 0. The van der Waals surface area contributed by atoms with Gasteiger partial charge in [0.25, 0.3) is 0 Å². The molecule has 0 unspecified atom stereocenters. The van der Waals surface area contributed by atoms with Crippen molar-refractivity contribution in [1.82, 2.24) is 14.9 Å². The highest BCUT2D eigenvalue weighted by Crippen LogP contribution is 2.28. The van der Waals surface area contributed by atoms with Crippen LogP contribution in [0.1, 0.15) is 19.4 Å². The van der Waals surface area contributed by atoms with Crippen LogP contribution in [0.2, 0.25) is 0 Å². The van der Waals surface area contributed by atoms with Gasteiger partial charge in [0.1, 0.15) is 12.7 Å². The second kappa shape index (κ2) is 5.99. The molecule has 1 aromatic heterocycles. The second-order valence-electron chi connectivity index (χ2n) is 4.16. The van der Waals surface area contributed by atoms with E-state index in [0.717, 1.165) is 11.3 Å². The van der Waals surface area contributed by atoms with Crippen LogP contribution in [0.25, 0.3) is 0 Å². The van der Waals surface area contributed by atoms with Gasteiger partial charge in [-0.2, -0.15) is 5.10 Å². The summed E-state index contributed by atoms with van der Waals surface area (Å²) in [5.41, 5.74) is 0.904. The van der Waals surface area contributed by atoms with E-state index in [1.165, 1.54) is 17.3 Å². The molecule has 0 aliphatic rings. The van der Waals surface area contributed by atoms with Crippen LogP contribution in [0.5, 0.6) is 11.5 Å². The lowest BCUT2D eigenvalue weighted by atomic mass is 10.2. The highest BCUT2D eigenvalue weighted by atomic mass is 16.5. The Morgan fingerprint density at radius 3 is 2.58 bits per heavy atom. The molecule has 0 bridgehead atoms. The monoisotopic (exact) mass is 260 g/mol. The molecule has 0 fully saturated rings. The van der Waals surface area contributed by atoms with E-state index in [-0.39, 0.29) is 6.10 Å². The molecule has 2 aromatic rings. The highest BCUT2D eigenvalue weighted by molar-refractivity contribution is 5.80. The van der Waals surface area contributed by atoms with Gasteiger partial charge in [-0.1, -0.05) is 0 Å². The van der Waals surface area contributed by atoms with E-state index in [2.05, 4.69) is 15.3 Å². The molecule has 100 valence electrons. The lowest BCUT2D eigenvalue weighted by Crippen LogP contribution is -2.06. The van der Waals surface area contributed by atoms with Crippen LogP contribution >= 0.6 is 0 Å². The molecule has 0 saturated carbocycles. The van der Waals surface area contributed by atoms with Crippen LogP contribution in [0.4, 0.5) is 0 Å². The number of aromatic nitrogens is 3. The molecule has 1 aromatic carbocycles. The van der Waals surface area contributed by atoms with Crippen molar-refractivity contribution in [1.29, 1.82) is 0 Å². The molecule has 0 spiro atoms. The van der Waals surface area contributed by atoms with Crippen molar-refractivity contribution >= 4 is 6.21 Å². The summed E-state index contributed by atoms with van der Waals surface area (Å²) in [6.07, 6.45) is 4.84. The van der Waals surface area contributed by atoms with E-state index in [1.807, 2.05) is 32.0 Å². The molecule has 0 saturated heterocycles. The van der Waals surface area contributed by atoms with Gasteiger partial charge in [-0.3, -0.25) is 0 Å². The first-order chi connectivity index (χ1) is 9.19. The Balaban J connectivity index is 2.19. The summed E-state index contributed by atoms with van der Waals surface area (Å²) in [5, 5.41) is 11.5. The molecule has 0 aliphatic carbocycles. The van der Waals surface area contributed by atoms with Crippen molar-refractivity contribution in [2.24, 2.45) is 5.10 Å². The molecule has 0 N–H and O–H groups in total. The summed E-state index contributed by atoms with van der Waals surface area (Å²) in [7, 11) is 1.61. The van der Waals surface area contributed by atoms with Gasteiger partial charge in [0.05, 0.1) is 19.4 Å². The Bertz CT molecular complexity index is 550. The Labute approximate surface area is 111 Å². The zero-order valence-electron chi connectivity index (χ0n) is 11.1. The van der Waals surface area contributed by atoms with Crippen molar-refractivity contribution in [2.45, 2.75) is 20.0 Å². The predicted octanol–water partition coefficient (Wildman–Crippen LogP) is 1.96. The molecule has 1 heterocycles. The van der Waals surface area contributed by atoms with Gasteiger partial charge in [-0.05, 0) is 37.6 Å². The Hall–Kier alpha value is -2.37. The first kappa shape index (κ1) is 13.1. The quantitative estimate of drug-likeness (QED) is 0.771. The van der Waals surface area contributed by atoms with Crippen molar-refractivity contribution in [2.75, 3.05) is 7.11 Å². The predicted molar refractivity (Wildman–Crippen MR) is 71.8 cm³/mol. The van der Waals surface area contributed by atoms with E-state index >= 15 is 0 Å². The summed E-state index contributed by atoms with van der Waals surface area (Å²) in [6, 6.07) is 5.64. The van der Waals surface area contributed by atoms with Crippen LogP contribution in [0, 0.1) is 0 Å². The standard InChI is InChI=1S/C13H16N4O2/c1-10(2)19-12-5-4-11(6-13(12)18-3)7-16-17-8-14-15-9-17/h4-10H,1-3H3/b16-7-. The third-order valence-corrected chi connectivity index (χ3v) is 2.30. The molecule has 0 atom stereocenters. The summed E-state index contributed by atoms with van der Waals surface area (Å²) >= 11 is 0. The highest BCUT2D eigenvalue weighted by Gasteiger charge is 2.06. The minimum Gasteiger partial charge on any atom is -0.493 e. The number of rotatable bonds is 5. The number of methoxy groups -OCH3 is 1. The zero-order chi connectivity index (χ0) is 13.7. The summed E-state index contributed by atoms with van der Waals surface area (Å²) in [6.45, 7) is 3.95. The maximum Gasteiger partial charge on any atom is 0.161 e. The molecule has 0 radical (unpaired) electrons. The van der Waals surface area contributed by atoms with Gasteiger partial charge in [-0.25, -0.2) is 4.68 Å².